The summed E-state index contributed by atoms with van der Waals surface area (Å²) in [5.74, 6) is 1.60. The number of thiophene rings is 1. The zero-order chi connectivity index (χ0) is 31.2. The Morgan fingerprint density at radius 3 is 2.36 bits per heavy atom. The average Bonchev–Trinajstić information content (AvgIpc) is 3.62. The van der Waals surface area contributed by atoms with Gasteiger partial charge in [-0.25, -0.2) is 15.4 Å². The molecular weight excluding hydrogens is 557 g/mol. The zero-order valence-electron chi connectivity index (χ0n) is 27.1. The first-order valence-electron chi connectivity index (χ1n) is 15.1. The maximum Gasteiger partial charge on any atom is 0.220 e. The standard InChI is InChI=1S/C26H28N6S.C4H10S.2C2H6/c1-5-16(3)32-14-20(25-21(32)13-29-26(27)30-25)18-10-15(2)24(31-28-4)19(11-18)23-12-17-8-6-7-9-22(17)33-23;1-3-4-5-2;2*1-2/h6-14,16,28,31H,5H2,1-4H3,(H2,27,29,30);3-4H2,1-2H3;2*1-2H3. The van der Waals surface area contributed by atoms with Gasteiger partial charge in [0.15, 0.2) is 0 Å². The number of nitrogens with zero attached hydrogens (tertiary/aromatic N) is 3. The van der Waals surface area contributed by atoms with Crippen molar-refractivity contribution in [1.82, 2.24) is 20.0 Å². The number of nitrogens with one attached hydrogen (secondary N) is 2. The van der Waals surface area contributed by atoms with E-state index < -0.39 is 0 Å². The maximum atomic E-state index is 6.00. The number of benzene rings is 2. The highest BCUT2D eigenvalue weighted by Gasteiger charge is 2.19. The maximum absolute atomic E-state index is 6.00. The molecule has 6 nitrogen and oxygen atoms in total. The highest BCUT2D eigenvalue weighted by atomic mass is 32.2. The molecule has 2 aromatic carbocycles. The second-order valence-corrected chi connectivity index (χ2v) is 11.5. The number of aromatic nitrogens is 3. The van der Waals surface area contributed by atoms with Gasteiger partial charge >= 0.3 is 0 Å². The van der Waals surface area contributed by atoms with Gasteiger partial charge in [0.05, 0.1) is 17.4 Å². The van der Waals surface area contributed by atoms with E-state index >= 15 is 0 Å². The third-order valence-corrected chi connectivity index (χ3v) is 8.62. The van der Waals surface area contributed by atoms with Crippen LogP contribution in [0.25, 0.3) is 42.7 Å². The molecule has 228 valence electrons. The number of hydrogen-bond donors (Lipinski definition) is 3. The molecule has 0 fully saturated rings. The quantitative estimate of drug-likeness (QED) is 0.153. The fraction of sp³-hybridized carbons (Fsp3) is 0.412. The van der Waals surface area contributed by atoms with Crippen LogP contribution in [-0.4, -0.2) is 33.6 Å². The largest absolute Gasteiger partial charge is 0.368 e. The molecule has 0 aliphatic carbocycles. The molecule has 0 aliphatic heterocycles. The lowest BCUT2D eigenvalue weighted by molar-refractivity contribution is 0.548. The number of anilines is 2. The van der Waals surface area contributed by atoms with Crippen LogP contribution in [0.3, 0.4) is 0 Å². The SMILES string of the molecule is CC.CC.CCC(C)n1cc(-c2cc(C)c(NNC)c(-c3cc4ccccc4s3)c2)c2nc(N)ncc21.CCCSC. The fourth-order valence-electron chi connectivity index (χ4n) is 4.57. The van der Waals surface area contributed by atoms with Crippen molar-refractivity contribution in [3.63, 3.8) is 0 Å². The van der Waals surface area contributed by atoms with Crippen LogP contribution in [-0.2, 0) is 0 Å². The Morgan fingerprint density at radius 1 is 1.05 bits per heavy atom. The lowest BCUT2D eigenvalue weighted by Crippen LogP contribution is -2.16. The van der Waals surface area contributed by atoms with Crippen LogP contribution in [0.2, 0.25) is 0 Å². The van der Waals surface area contributed by atoms with Crippen molar-refractivity contribution in [2.75, 3.05) is 30.2 Å². The summed E-state index contributed by atoms with van der Waals surface area (Å²) in [5, 5.41) is 1.25. The van der Waals surface area contributed by atoms with Crippen LogP contribution in [0.4, 0.5) is 11.6 Å². The number of aryl methyl sites for hydroxylation is 1. The van der Waals surface area contributed by atoms with Crippen molar-refractivity contribution >= 4 is 55.9 Å². The van der Waals surface area contributed by atoms with Gasteiger partial charge in [-0.2, -0.15) is 11.8 Å². The minimum absolute atomic E-state index is 0.292. The number of nitrogen functional groups attached to an aromatic ring is 1. The van der Waals surface area contributed by atoms with Crippen molar-refractivity contribution in [1.29, 1.82) is 0 Å². The molecule has 0 saturated heterocycles. The van der Waals surface area contributed by atoms with Crippen molar-refractivity contribution in [3.8, 4) is 21.6 Å². The first-order valence-corrected chi connectivity index (χ1v) is 17.3. The predicted octanol–water partition coefficient (Wildman–Crippen LogP) is 10.2. The van der Waals surface area contributed by atoms with E-state index in [9.17, 15) is 0 Å². The molecule has 0 saturated carbocycles. The van der Waals surface area contributed by atoms with Crippen molar-refractivity contribution in [2.45, 2.75) is 74.3 Å². The molecule has 5 aromatic rings. The van der Waals surface area contributed by atoms with E-state index in [1.54, 1.807) is 11.3 Å². The Bertz CT molecular complexity index is 1490. The molecule has 1 atom stereocenters. The highest BCUT2D eigenvalue weighted by Crippen LogP contribution is 2.42. The summed E-state index contributed by atoms with van der Waals surface area (Å²) in [7, 11) is 1.89. The number of nitrogens with two attached hydrogens (primary N) is 1. The summed E-state index contributed by atoms with van der Waals surface area (Å²) < 4.78 is 3.54. The summed E-state index contributed by atoms with van der Waals surface area (Å²) in [6, 6.07) is 15.6. The van der Waals surface area contributed by atoms with Gasteiger partial charge in [-0.1, -0.05) is 59.7 Å². The first kappa shape index (κ1) is 35.1. The molecule has 1 unspecified atom stereocenters. The second-order valence-electron chi connectivity index (χ2n) is 9.40. The molecule has 0 bridgehead atoms. The van der Waals surface area contributed by atoms with Gasteiger partial charge in [0.1, 0.15) is 5.52 Å². The van der Waals surface area contributed by atoms with E-state index in [0.29, 0.717) is 12.0 Å². The predicted molar refractivity (Wildman–Crippen MR) is 192 cm³/mol. The van der Waals surface area contributed by atoms with E-state index in [4.69, 9.17) is 5.73 Å². The summed E-state index contributed by atoms with van der Waals surface area (Å²) in [6.45, 7) is 16.7. The van der Waals surface area contributed by atoms with Gasteiger partial charge in [-0.15, -0.1) is 11.3 Å². The van der Waals surface area contributed by atoms with E-state index in [1.807, 2.05) is 52.7 Å². The molecule has 0 radical (unpaired) electrons. The first-order chi connectivity index (χ1) is 20.4. The fourth-order valence-corrected chi connectivity index (χ4v) is 6.06. The topological polar surface area (TPSA) is 80.8 Å². The van der Waals surface area contributed by atoms with Crippen molar-refractivity contribution < 1.29 is 0 Å². The molecule has 42 heavy (non-hydrogen) atoms. The van der Waals surface area contributed by atoms with Crippen LogP contribution < -0.4 is 16.6 Å². The van der Waals surface area contributed by atoms with Gasteiger partial charge in [-0.3, -0.25) is 0 Å². The number of fused-ring (bicyclic) bond motifs is 2. The summed E-state index contributed by atoms with van der Waals surface area (Å²) >= 11 is 3.71. The monoisotopic (exact) mass is 606 g/mol. The summed E-state index contributed by atoms with van der Waals surface area (Å²) in [6.07, 6.45) is 8.49. The molecular formula is C34H50N6S2. The van der Waals surface area contributed by atoms with E-state index in [2.05, 4.69) is 108 Å². The van der Waals surface area contributed by atoms with E-state index in [-0.39, 0.29) is 0 Å². The Balaban J connectivity index is 0.000000612. The Labute approximate surface area is 261 Å². The minimum Gasteiger partial charge on any atom is -0.368 e. The lowest BCUT2D eigenvalue weighted by Gasteiger charge is -2.15. The normalized spacial score (nSPS) is 11.1. The molecule has 3 aromatic heterocycles. The molecule has 3 heterocycles. The number of hydrogen-bond acceptors (Lipinski definition) is 7. The summed E-state index contributed by atoms with van der Waals surface area (Å²) in [5.41, 5.74) is 19.9. The third-order valence-electron chi connectivity index (χ3n) is 6.65. The molecule has 0 amide bonds. The highest BCUT2D eigenvalue weighted by molar-refractivity contribution is 7.98. The van der Waals surface area contributed by atoms with Gasteiger partial charge in [0, 0.05) is 40.0 Å². The van der Waals surface area contributed by atoms with Crippen LogP contribution in [0.1, 0.15) is 72.9 Å². The average molecular weight is 607 g/mol. The van der Waals surface area contributed by atoms with Crippen LogP contribution >= 0.6 is 23.1 Å². The molecule has 4 N–H and O–H groups in total. The van der Waals surface area contributed by atoms with Crippen molar-refractivity contribution in [2.24, 2.45) is 0 Å². The molecule has 0 spiro atoms. The third kappa shape index (κ3) is 8.27. The molecule has 5 rings (SSSR count). The van der Waals surface area contributed by atoms with Crippen LogP contribution in [0.5, 0.6) is 0 Å². The number of rotatable bonds is 8. The Morgan fingerprint density at radius 2 is 1.76 bits per heavy atom. The van der Waals surface area contributed by atoms with E-state index in [1.165, 1.54) is 27.1 Å². The Hall–Kier alpha value is -3.07. The minimum atomic E-state index is 0.292. The van der Waals surface area contributed by atoms with Crippen LogP contribution in [0.15, 0.2) is 54.9 Å². The second kappa shape index (κ2) is 17.8. The Kier molecular flexibility index (Phi) is 14.9. The number of thioether (sulfide) groups is 1. The van der Waals surface area contributed by atoms with Crippen LogP contribution in [0, 0.1) is 6.92 Å². The van der Waals surface area contributed by atoms with Gasteiger partial charge in [0.2, 0.25) is 5.95 Å². The smallest absolute Gasteiger partial charge is 0.220 e. The van der Waals surface area contributed by atoms with Gasteiger partial charge < -0.3 is 15.7 Å². The van der Waals surface area contributed by atoms with Crippen molar-refractivity contribution in [3.05, 3.63) is 60.4 Å². The zero-order valence-corrected chi connectivity index (χ0v) is 28.8. The van der Waals surface area contributed by atoms with Gasteiger partial charge in [-0.05, 0) is 79.5 Å². The van der Waals surface area contributed by atoms with E-state index in [0.717, 1.165) is 45.4 Å². The lowest BCUT2D eigenvalue weighted by atomic mass is 9.98. The molecule has 8 heteroatoms. The number of hydrazine groups is 1. The van der Waals surface area contributed by atoms with Gasteiger partial charge in [0.25, 0.3) is 0 Å². The molecule has 0 aliphatic rings. The summed E-state index contributed by atoms with van der Waals surface area (Å²) in [4.78, 5) is 10.1.